The second-order valence-corrected chi connectivity index (χ2v) is 6.81. The van der Waals surface area contributed by atoms with Crippen molar-refractivity contribution in [3.05, 3.63) is 0 Å². The predicted molar refractivity (Wildman–Crippen MR) is 79.1 cm³/mol. The lowest BCUT2D eigenvalue weighted by atomic mass is 9.93. The molecule has 4 nitrogen and oxygen atoms in total. The van der Waals surface area contributed by atoms with Crippen LogP contribution in [0.2, 0.25) is 0 Å². The summed E-state index contributed by atoms with van der Waals surface area (Å²) in [5, 5.41) is 2.92. The molecule has 1 aliphatic heterocycles. The Bertz CT molecular complexity index is 377. The van der Waals surface area contributed by atoms with Crippen LogP contribution in [0.15, 0.2) is 0 Å². The van der Waals surface area contributed by atoms with Gasteiger partial charge in [0.15, 0.2) is 0 Å². The molecule has 1 saturated heterocycles. The van der Waals surface area contributed by atoms with Gasteiger partial charge in [0, 0.05) is 6.04 Å². The van der Waals surface area contributed by atoms with Crippen LogP contribution in [0.4, 0.5) is 0 Å². The van der Waals surface area contributed by atoms with E-state index < -0.39 is 0 Å². The summed E-state index contributed by atoms with van der Waals surface area (Å²) in [5.74, 6) is 1.07. The van der Waals surface area contributed by atoms with E-state index in [4.69, 9.17) is 0 Å². The number of hydrogen-bond donors (Lipinski definition) is 1. The first-order valence-electron chi connectivity index (χ1n) is 8.08. The van der Waals surface area contributed by atoms with E-state index in [1.54, 1.807) is 0 Å². The van der Waals surface area contributed by atoms with Gasteiger partial charge in [-0.3, -0.25) is 9.59 Å². The van der Waals surface area contributed by atoms with Crippen LogP contribution in [0.5, 0.6) is 0 Å². The zero-order valence-electron chi connectivity index (χ0n) is 13.2. The molecule has 0 bridgehead atoms. The molecule has 4 heteroatoms. The van der Waals surface area contributed by atoms with E-state index in [1.807, 2.05) is 25.7 Å². The average molecular weight is 280 g/mol. The van der Waals surface area contributed by atoms with Crippen LogP contribution in [-0.2, 0) is 9.59 Å². The normalized spacial score (nSPS) is 28.8. The van der Waals surface area contributed by atoms with E-state index in [2.05, 4.69) is 12.2 Å². The molecule has 1 heterocycles. The molecule has 0 spiro atoms. The maximum Gasteiger partial charge on any atom is 0.246 e. The number of carbonyl (C=O) groups excluding carboxylic acids is 2. The van der Waals surface area contributed by atoms with Crippen molar-refractivity contribution >= 4 is 11.8 Å². The summed E-state index contributed by atoms with van der Waals surface area (Å²) in [6, 6.07) is -0.443. The van der Waals surface area contributed by atoms with Gasteiger partial charge >= 0.3 is 0 Å². The first kappa shape index (κ1) is 15.3. The third-order valence-corrected chi connectivity index (χ3v) is 4.49. The van der Waals surface area contributed by atoms with Crippen molar-refractivity contribution in [1.29, 1.82) is 0 Å². The van der Waals surface area contributed by atoms with E-state index in [0.29, 0.717) is 0 Å². The molecule has 0 aromatic carbocycles. The van der Waals surface area contributed by atoms with Gasteiger partial charge in [0.2, 0.25) is 11.8 Å². The largest absolute Gasteiger partial charge is 0.342 e. The maximum atomic E-state index is 12.7. The third kappa shape index (κ3) is 3.15. The first-order chi connectivity index (χ1) is 9.45. The Morgan fingerprint density at radius 2 is 1.90 bits per heavy atom. The molecule has 1 aliphatic carbocycles. The van der Waals surface area contributed by atoms with E-state index in [9.17, 15) is 9.59 Å². The number of amides is 2. The van der Waals surface area contributed by atoms with Crippen molar-refractivity contribution in [2.75, 3.05) is 0 Å². The van der Waals surface area contributed by atoms with Crippen LogP contribution in [0.1, 0.15) is 59.8 Å². The summed E-state index contributed by atoms with van der Waals surface area (Å²) in [4.78, 5) is 27.0. The Morgan fingerprint density at radius 3 is 2.40 bits per heavy atom. The lowest BCUT2D eigenvalue weighted by Gasteiger charge is -2.44. The molecule has 2 amide bonds. The van der Waals surface area contributed by atoms with Gasteiger partial charge in [0.1, 0.15) is 12.1 Å². The minimum Gasteiger partial charge on any atom is -0.342 e. The molecule has 1 saturated carbocycles. The smallest absolute Gasteiger partial charge is 0.246 e. The monoisotopic (exact) mass is 280 g/mol. The summed E-state index contributed by atoms with van der Waals surface area (Å²) in [7, 11) is 0. The van der Waals surface area contributed by atoms with Crippen LogP contribution in [0, 0.1) is 11.8 Å². The first-order valence-corrected chi connectivity index (χ1v) is 8.08. The highest BCUT2D eigenvalue weighted by molar-refractivity contribution is 5.97. The van der Waals surface area contributed by atoms with Gasteiger partial charge in [0.05, 0.1) is 0 Å². The zero-order chi connectivity index (χ0) is 14.9. The van der Waals surface area contributed by atoms with E-state index in [0.717, 1.165) is 25.2 Å². The van der Waals surface area contributed by atoms with Crippen LogP contribution < -0.4 is 5.32 Å². The van der Waals surface area contributed by atoms with E-state index >= 15 is 0 Å². The number of carbonyl (C=O) groups is 2. The SMILES string of the molecule is CCCC1NC(=O)C(C(C)C)N(C(C)CC2CC2)C1=O. The molecule has 0 aromatic rings. The molecule has 0 aromatic heterocycles. The molecule has 0 radical (unpaired) electrons. The summed E-state index contributed by atoms with van der Waals surface area (Å²) in [5.41, 5.74) is 0. The number of nitrogens with one attached hydrogen (secondary N) is 1. The van der Waals surface area contributed by atoms with Crippen LogP contribution >= 0.6 is 0 Å². The zero-order valence-corrected chi connectivity index (χ0v) is 13.2. The topological polar surface area (TPSA) is 49.4 Å². The van der Waals surface area contributed by atoms with Crippen molar-refractivity contribution < 1.29 is 9.59 Å². The van der Waals surface area contributed by atoms with Gasteiger partial charge in [-0.2, -0.15) is 0 Å². The molecule has 2 rings (SSSR count). The van der Waals surface area contributed by atoms with Gasteiger partial charge in [0.25, 0.3) is 0 Å². The Morgan fingerprint density at radius 1 is 1.25 bits per heavy atom. The van der Waals surface area contributed by atoms with Crippen LogP contribution in [-0.4, -0.2) is 34.8 Å². The van der Waals surface area contributed by atoms with Crippen molar-refractivity contribution in [2.24, 2.45) is 11.8 Å². The Kier molecular flexibility index (Phi) is 4.71. The highest BCUT2D eigenvalue weighted by Crippen LogP contribution is 2.36. The summed E-state index contributed by atoms with van der Waals surface area (Å²) < 4.78 is 0. The predicted octanol–water partition coefficient (Wildman–Crippen LogP) is 2.33. The van der Waals surface area contributed by atoms with Gasteiger partial charge < -0.3 is 10.2 Å². The van der Waals surface area contributed by atoms with Gasteiger partial charge in [-0.25, -0.2) is 0 Å². The molecule has 2 fully saturated rings. The Labute approximate surface area is 122 Å². The fourth-order valence-corrected chi connectivity index (χ4v) is 3.31. The number of piperazine rings is 1. The summed E-state index contributed by atoms with van der Waals surface area (Å²) in [6.07, 6.45) is 5.25. The van der Waals surface area contributed by atoms with Gasteiger partial charge in [-0.1, -0.05) is 40.0 Å². The molecule has 1 N–H and O–H groups in total. The molecule has 2 aliphatic rings. The van der Waals surface area contributed by atoms with E-state index in [1.165, 1.54) is 12.8 Å². The number of rotatable bonds is 6. The van der Waals surface area contributed by atoms with Crippen molar-refractivity contribution in [1.82, 2.24) is 10.2 Å². The number of hydrogen-bond acceptors (Lipinski definition) is 2. The highest BCUT2D eigenvalue weighted by atomic mass is 16.2. The maximum absolute atomic E-state index is 12.7. The average Bonchev–Trinajstić information content (AvgIpc) is 3.16. The van der Waals surface area contributed by atoms with Crippen LogP contribution in [0.25, 0.3) is 0 Å². The number of nitrogens with zero attached hydrogens (tertiary/aromatic N) is 1. The summed E-state index contributed by atoms with van der Waals surface area (Å²) >= 11 is 0. The van der Waals surface area contributed by atoms with Crippen molar-refractivity contribution in [3.63, 3.8) is 0 Å². The van der Waals surface area contributed by atoms with Gasteiger partial charge in [-0.15, -0.1) is 0 Å². The van der Waals surface area contributed by atoms with E-state index in [-0.39, 0.29) is 35.9 Å². The molecule has 20 heavy (non-hydrogen) atoms. The quantitative estimate of drug-likeness (QED) is 0.812. The Hall–Kier alpha value is -1.06. The van der Waals surface area contributed by atoms with Crippen LogP contribution in [0.3, 0.4) is 0 Å². The Balaban J connectivity index is 2.18. The minimum atomic E-state index is -0.316. The second kappa shape index (κ2) is 6.15. The fraction of sp³-hybridized carbons (Fsp3) is 0.875. The molecular formula is C16H28N2O2. The minimum absolute atomic E-state index is 0.0284. The lowest BCUT2D eigenvalue weighted by molar-refractivity contribution is -0.154. The molecule has 3 atom stereocenters. The summed E-state index contributed by atoms with van der Waals surface area (Å²) in [6.45, 7) is 8.20. The second-order valence-electron chi connectivity index (χ2n) is 6.81. The molecule has 3 unspecified atom stereocenters. The van der Waals surface area contributed by atoms with Crippen molar-refractivity contribution in [2.45, 2.75) is 77.9 Å². The van der Waals surface area contributed by atoms with Gasteiger partial charge in [-0.05, 0) is 31.6 Å². The van der Waals surface area contributed by atoms with Crippen molar-refractivity contribution in [3.8, 4) is 0 Å². The fourth-order valence-electron chi connectivity index (χ4n) is 3.31. The molecule has 114 valence electrons. The lowest BCUT2D eigenvalue weighted by Crippen LogP contribution is -2.66. The molecular weight excluding hydrogens is 252 g/mol. The standard InChI is InChI=1S/C16H28N2O2/c1-5-6-13-16(20)18(11(4)9-12-7-8-12)14(10(2)3)15(19)17-13/h10-14H,5-9H2,1-4H3,(H,17,19). The highest BCUT2D eigenvalue weighted by Gasteiger charge is 2.44. The third-order valence-electron chi connectivity index (χ3n) is 4.49.